The third-order valence-corrected chi connectivity index (χ3v) is 7.18. The minimum atomic E-state index is 0.495. The molecule has 0 spiro atoms. The van der Waals surface area contributed by atoms with E-state index in [2.05, 4.69) is 73.5 Å². The second kappa shape index (κ2) is 9.94. The first kappa shape index (κ1) is 24.3. The number of ether oxygens (including phenoxy) is 2. The lowest BCUT2D eigenvalue weighted by Gasteiger charge is -2.28. The van der Waals surface area contributed by atoms with Crippen LogP contribution in [0.3, 0.4) is 0 Å². The summed E-state index contributed by atoms with van der Waals surface area (Å²) in [7, 11) is 3.45. The molecule has 0 unspecified atom stereocenters. The molecule has 4 aromatic rings. The maximum absolute atomic E-state index is 5.68. The fraction of sp³-hybridized carbons (Fsp3) is 0.400. The van der Waals surface area contributed by atoms with Gasteiger partial charge >= 0.3 is 0 Å². The molecule has 6 nitrogen and oxygen atoms in total. The zero-order valence-corrected chi connectivity index (χ0v) is 22.3. The number of methoxy groups -OCH3 is 2. The first-order valence-electron chi connectivity index (χ1n) is 12.7. The van der Waals surface area contributed by atoms with Crippen LogP contribution in [0.2, 0.25) is 0 Å². The molecule has 1 fully saturated rings. The third kappa shape index (κ3) is 4.70. The number of fused-ring (bicyclic) bond motifs is 1. The monoisotopic (exact) mass is 484 g/mol. The number of rotatable bonds is 9. The first-order chi connectivity index (χ1) is 17.4. The zero-order chi connectivity index (χ0) is 25.4. The van der Waals surface area contributed by atoms with Crippen molar-refractivity contribution < 1.29 is 9.47 Å². The van der Waals surface area contributed by atoms with E-state index in [4.69, 9.17) is 19.6 Å². The molecule has 0 saturated heterocycles. The van der Waals surface area contributed by atoms with Gasteiger partial charge in [0.25, 0.3) is 0 Å². The lowest BCUT2D eigenvalue weighted by atomic mass is 10.0. The van der Waals surface area contributed by atoms with Crippen molar-refractivity contribution in [2.24, 2.45) is 5.92 Å². The van der Waals surface area contributed by atoms with Crippen molar-refractivity contribution in [3.63, 3.8) is 0 Å². The largest absolute Gasteiger partial charge is 0.497 e. The fourth-order valence-electron chi connectivity index (χ4n) is 5.03. The summed E-state index contributed by atoms with van der Waals surface area (Å²) in [5.41, 5.74) is 9.85. The summed E-state index contributed by atoms with van der Waals surface area (Å²) in [5, 5.41) is 5.09. The van der Waals surface area contributed by atoms with Crippen LogP contribution >= 0.6 is 0 Å². The Bertz CT molecular complexity index is 1390. The molecule has 1 aliphatic rings. The van der Waals surface area contributed by atoms with E-state index in [1.54, 1.807) is 14.2 Å². The van der Waals surface area contributed by atoms with Crippen molar-refractivity contribution >= 4 is 11.5 Å². The van der Waals surface area contributed by atoms with E-state index in [0.717, 1.165) is 63.9 Å². The third-order valence-electron chi connectivity index (χ3n) is 7.18. The van der Waals surface area contributed by atoms with Crippen LogP contribution in [0.4, 0.5) is 5.82 Å². The lowest BCUT2D eigenvalue weighted by molar-refractivity contribution is 0.184. The van der Waals surface area contributed by atoms with Crippen molar-refractivity contribution in [3.8, 4) is 16.9 Å². The van der Waals surface area contributed by atoms with Gasteiger partial charge in [0, 0.05) is 37.0 Å². The average molecular weight is 485 g/mol. The van der Waals surface area contributed by atoms with E-state index in [1.165, 1.54) is 24.0 Å². The van der Waals surface area contributed by atoms with E-state index in [-0.39, 0.29) is 0 Å². The Balaban J connectivity index is 1.71. The number of anilines is 1. The van der Waals surface area contributed by atoms with Gasteiger partial charge in [-0.15, -0.1) is 0 Å². The SMILES string of the molecule is COCc1c(C)nc2c(-c3ccc(OC)cc3C)c(C)nn2c1N(Cc1ccc(C)cc1)CC1CC1. The number of benzene rings is 2. The molecule has 0 N–H and O–H groups in total. The van der Waals surface area contributed by atoms with Crippen LogP contribution in [-0.4, -0.2) is 35.4 Å². The van der Waals surface area contributed by atoms with Gasteiger partial charge in [0.1, 0.15) is 11.6 Å². The normalized spacial score (nSPS) is 13.4. The van der Waals surface area contributed by atoms with Crippen LogP contribution in [0.1, 0.15) is 46.5 Å². The van der Waals surface area contributed by atoms with Crippen molar-refractivity contribution in [2.45, 2.75) is 53.7 Å². The van der Waals surface area contributed by atoms with Crippen LogP contribution in [0.25, 0.3) is 16.8 Å². The molecule has 1 aliphatic carbocycles. The summed E-state index contributed by atoms with van der Waals surface area (Å²) in [4.78, 5) is 7.59. The van der Waals surface area contributed by atoms with Crippen molar-refractivity contribution in [1.82, 2.24) is 14.6 Å². The van der Waals surface area contributed by atoms with Gasteiger partial charge in [-0.2, -0.15) is 9.61 Å². The van der Waals surface area contributed by atoms with Gasteiger partial charge < -0.3 is 14.4 Å². The molecular formula is C30H36N4O2. The number of hydrogen-bond donors (Lipinski definition) is 0. The smallest absolute Gasteiger partial charge is 0.165 e. The van der Waals surface area contributed by atoms with Gasteiger partial charge in [0.2, 0.25) is 0 Å². The summed E-state index contributed by atoms with van der Waals surface area (Å²) in [6.45, 7) is 10.7. The second-order valence-corrected chi connectivity index (χ2v) is 10.1. The molecule has 2 heterocycles. The maximum Gasteiger partial charge on any atom is 0.165 e. The quantitative estimate of drug-likeness (QED) is 0.283. The number of aryl methyl sites for hydroxylation is 4. The topological polar surface area (TPSA) is 51.9 Å². The molecule has 0 radical (unpaired) electrons. The molecule has 0 atom stereocenters. The van der Waals surface area contributed by atoms with Gasteiger partial charge in [-0.05, 0) is 75.3 Å². The molecule has 1 saturated carbocycles. The van der Waals surface area contributed by atoms with Crippen LogP contribution in [0.15, 0.2) is 42.5 Å². The highest BCUT2D eigenvalue weighted by Gasteiger charge is 2.29. The minimum absolute atomic E-state index is 0.495. The second-order valence-electron chi connectivity index (χ2n) is 10.1. The predicted octanol–water partition coefficient (Wildman–Crippen LogP) is 6.20. The van der Waals surface area contributed by atoms with E-state index in [0.29, 0.717) is 12.5 Å². The van der Waals surface area contributed by atoms with Crippen LogP contribution in [0, 0.1) is 33.6 Å². The highest BCUT2D eigenvalue weighted by molar-refractivity contribution is 5.83. The Hall–Kier alpha value is -3.38. The highest BCUT2D eigenvalue weighted by atomic mass is 16.5. The first-order valence-corrected chi connectivity index (χ1v) is 12.7. The Kier molecular flexibility index (Phi) is 6.71. The Morgan fingerprint density at radius 2 is 1.72 bits per heavy atom. The van der Waals surface area contributed by atoms with E-state index in [9.17, 15) is 0 Å². The molecule has 2 aromatic carbocycles. The van der Waals surface area contributed by atoms with Gasteiger partial charge in [-0.3, -0.25) is 0 Å². The molecular weight excluding hydrogens is 448 g/mol. The Morgan fingerprint density at radius 1 is 0.972 bits per heavy atom. The number of nitrogens with zero attached hydrogens (tertiary/aromatic N) is 4. The van der Waals surface area contributed by atoms with Gasteiger partial charge in [0.05, 0.1) is 19.4 Å². The average Bonchev–Trinajstić information content (AvgIpc) is 3.62. The molecule has 188 valence electrons. The molecule has 36 heavy (non-hydrogen) atoms. The molecule has 0 aliphatic heterocycles. The van der Waals surface area contributed by atoms with Gasteiger partial charge in [-0.25, -0.2) is 4.98 Å². The summed E-state index contributed by atoms with van der Waals surface area (Å²) >= 11 is 0. The van der Waals surface area contributed by atoms with Crippen LogP contribution in [-0.2, 0) is 17.9 Å². The summed E-state index contributed by atoms with van der Waals surface area (Å²) in [6, 6.07) is 15.0. The van der Waals surface area contributed by atoms with E-state index >= 15 is 0 Å². The summed E-state index contributed by atoms with van der Waals surface area (Å²) in [5.74, 6) is 2.66. The van der Waals surface area contributed by atoms with Crippen LogP contribution < -0.4 is 9.64 Å². The standard InChI is InChI=1S/C30H36N4O2/c1-19-7-9-23(10-8-19)16-33(17-24-11-12-24)30-27(18-35-5)21(3)31-29-28(22(4)32-34(29)30)26-14-13-25(36-6)15-20(26)2/h7-10,13-15,24H,11-12,16-18H2,1-6H3. The van der Waals surface area contributed by atoms with E-state index in [1.807, 2.05) is 6.07 Å². The molecule has 2 aromatic heterocycles. The Morgan fingerprint density at radius 3 is 2.36 bits per heavy atom. The summed E-state index contributed by atoms with van der Waals surface area (Å²) in [6.07, 6.45) is 2.57. The van der Waals surface area contributed by atoms with Crippen molar-refractivity contribution in [2.75, 3.05) is 25.7 Å². The zero-order valence-electron chi connectivity index (χ0n) is 22.3. The van der Waals surface area contributed by atoms with E-state index < -0.39 is 0 Å². The molecule has 6 heteroatoms. The lowest BCUT2D eigenvalue weighted by Crippen LogP contribution is -2.29. The van der Waals surface area contributed by atoms with Crippen molar-refractivity contribution in [1.29, 1.82) is 0 Å². The molecule has 5 rings (SSSR count). The predicted molar refractivity (Wildman–Crippen MR) is 145 cm³/mol. The minimum Gasteiger partial charge on any atom is -0.497 e. The fourth-order valence-corrected chi connectivity index (χ4v) is 5.03. The summed E-state index contributed by atoms with van der Waals surface area (Å²) < 4.78 is 13.2. The van der Waals surface area contributed by atoms with Crippen molar-refractivity contribution in [3.05, 3.63) is 76.1 Å². The van der Waals surface area contributed by atoms with Gasteiger partial charge in [0.15, 0.2) is 5.65 Å². The Labute approximate surface area is 213 Å². The molecule has 0 amide bonds. The number of hydrogen-bond acceptors (Lipinski definition) is 5. The molecule has 0 bridgehead atoms. The number of aromatic nitrogens is 3. The highest BCUT2D eigenvalue weighted by Crippen LogP contribution is 2.38. The van der Waals surface area contributed by atoms with Crippen LogP contribution in [0.5, 0.6) is 5.75 Å². The van der Waals surface area contributed by atoms with Gasteiger partial charge in [-0.1, -0.05) is 35.9 Å². The maximum atomic E-state index is 5.68.